The standard InChI is InChI=1S/C15H17NO2S/c1-11(9-13-3-2-8-18-13)16-15(17)10-12-4-6-14(19)7-5-12/h2-8,11,19H,9-10H2,1H3,(H,16,17). The molecule has 0 radical (unpaired) electrons. The maximum Gasteiger partial charge on any atom is 0.224 e. The molecule has 2 aromatic rings. The third kappa shape index (κ3) is 4.48. The van der Waals surface area contributed by atoms with Crippen LogP contribution < -0.4 is 5.32 Å². The van der Waals surface area contributed by atoms with Crippen molar-refractivity contribution in [2.24, 2.45) is 0 Å². The van der Waals surface area contributed by atoms with Crippen molar-refractivity contribution in [1.82, 2.24) is 5.32 Å². The number of thiol groups is 1. The minimum Gasteiger partial charge on any atom is -0.469 e. The molecule has 0 saturated heterocycles. The van der Waals surface area contributed by atoms with Gasteiger partial charge in [0, 0.05) is 17.4 Å². The SMILES string of the molecule is CC(Cc1ccco1)NC(=O)Cc1ccc(S)cc1. The van der Waals surface area contributed by atoms with Gasteiger partial charge in [-0.25, -0.2) is 0 Å². The first-order valence-corrected chi connectivity index (χ1v) is 6.68. The van der Waals surface area contributed by atoms with Crippen LogP contribution in [0, 0.1) is 0 Å². The second-order valence-corrected chi connectivity index (χ2v) is 5.11. The van der Waals surface area contributed by atoms with Gasteiger partial charge in [0.2, 0.25) is 5.91 Å². The molecule has 1 aromatic heterocycles. The van der Waals surface area contributed by atoms with Crippen molar-refractivity contribution in [3.05, 3.63) is 54.0 Å². The molecule has 0 bridgehead atoms. The van der Waals surface area contributed by atoms with E-state index in [4.69, 9.17) is 4.42 Å². The normalized spacial score (nSPS) is 12.1. The molecular formula is C15H17NO2S. The quantitative estimate of drug-likeness (QED) is 0.824. The molecule has 0 fully saturated rings. The lowest BCUT2D eigenvalue weighted by atomic mass is 10.1. The van der Waals surface area contributed by atoms with Crippen molar-refractivity contribution in [3.8, 4) is 0 Å². The van der Waals surface area contributed by atoms with Gasteiger partial charge in [-0.2, -0.15) is 0 Å². The Morgan fingerprint density at radius 2 is 2.05 bits per heavy atom. The van der Waals surface area contributed by atoms with Crippen molar-refractivity contribution in [1.29, 1.82) is 0 Å². The largest absolute Gasteiger partial charge is 0.469 e. The van der Waals surface area contributed by atoms with Crippen molar-refractivity contribution in [3.63, 3.8) is 0 Å². The average molecular weight is 275 g/mol. The van der Waals surface area contributed by atoms with Crippen LogP contribution in [0.5, 0.6) is 0 Å². The number of rotatable bonds is 5. The molecule has 0 aliphatic carbocycles. The molecule has 2 rings (SSSR count). The lowest BCUT2D eigenvalue weighted by molar-refractivity contribution is -0.121. The molecular weight excluding hydrogens is 258 g/mol. The topological polar surface area (TPSA) is 42.2 Å². The van der Waals surface area contributed by atoms with Crippen LogP contribution in [0.1, 0.15) is 18.2 Å². The Morgan fingerprint density at radius 3 is 2.68 bits per heavy atom. The van der Waals surface area contributed by atoms with E-state index in [1.54, 1.807) is 6.26 Å². The Labute approximate surface area is 118 Å². The van der Waals surface area contributed by atoms with E-state index in [0.29, 0.717) is 12.8 Å². The van der Waals surface area contributed by atoms with Gasteiger partial charge in [-0.15, -0.1) is 12.6 Å². The monoisotopic (exact) mass is 275 g/mol. The second kappa shape index (κ2) is 6.48. The fourth-order valence-electron chi connectivity index (χ4n) is 1.91. The van der Waals surface area contributed by atoms with Crippen LogP contribution in [-0.2, 0) is 17.6 Å². The summed E-state index contributed by atoms with van der Waals surface area (Å²) in [5, 5.41) is 2.96. The summed E-state index contributed by atoms with van der Waals surface area (Å²) < 4.78 is 5.26. The van der Waals surface area contributed by atoms with Crippen LogP contribution >= 0.6 is 12.6 Å². The number of nitrogens with one attached hydrogen (secondary N) is 1. The van der Waals surface area contributed by atoms with Crippen molar-refractivity contribution in [2.75, 3.05) is 0 Å². The Bertz CT molecular complexity index is 520. The summed E-state index contributed by atoms with van der Waals surface area (Å²) in [5.41, 5.74) is 0.987. The number of amides is 1. The summed E-state index contributed by atoms with van der Waals surface area (Å²) in [5.74, 6) is 0.901. The molecule has 1 aromatic carbocycles. The minimum absolute atomic E-state index is 0.0194. The first-order chi connectivity index (χ1) is 9.13. The summed E-state index contributed by atoms with van der Waals surface area (Å²) >= 11 is 4.22. The first kappa shape index (κ1) is 13.7. The fraction of sp³-hybridized carbons (Fsp3) is 0.267. The van der Waals surface area contributed by atoms with Gasteiger partial charge in [-0.1, -0.05) is 12.1 Å². The number of furan rings is 1. The van der Waals surface area contributed by atoms with E-state index in [2.05, 4.69) is 17.9 Å². The predicted molar refractivity (Wildman–Crippen MR) is 77.4 cm³/mol. The van der Waals surface area contributed by atoms with Crippen LogP contribution in [0.15, 0.2) is 52.0 Å². The third-order valence-electron chi connectivity index (χ3n) is 2.80. The van der Waals surface area contributed by atoms with E-state index in [1.807, 2.05) is 43.3 Å². The number of hydrogen-bond acceptors (Lipinski definition) is 3. The maximum absolute atomic E-state index is 11.9. The van der Waals surface area contributed by atoms with E-state index < -0.39 is 0 Å². The van der Waals surface area contributed by atoms with Gasteiger partial charge < -0.3 is 9.73 Å². The lowest BCUT2D eigenvalue weighted by Gasteiger charge is -2.12. The highest BCUT2D eigenvalue weighted by Crippen LogP contribution is 2.09. The van der Waals surface area contributed by atoms with E-state index in [-0.39, 0.29) is 11.9 Å². The van der Waals surface area contributed by atoms with E-state index in [9.17, 15) is 4.79 Å². The number of carbonyl (C=O) groups excluding carboxylic acids is 1. The Morgan fingerprint density at radius 1 is 1.32 bits per heavy atom. The molecule has 0 spiro atoms. The predicted octanol–water partition coefficient (Wildman–Crippen LogP) is 2.86. The molecule has 19 heavy (non-hydrogen) atoms. The molecule has 1 atom stereocenters. The molecule has 1 heterocycles. The molecule has 1 unspecified atom stereocenters. The second-order valence-electron chi connectivity index (χ2n) is 4.60. The molecule has 1 amide bonds. The number of benzene rings is 1. The highest BCUT2D eigenvalue weighted by Gasteiger charge is 2.10. The molecule has 0 aliphatic heterocycles. The zero-order valence-corrected chi connectivity index (χ0v) is 11.7. The minimum atomic E-state index is 0.0194. The summed E-state index contributed by atoms with van der Waals surface area (Å²) in [6, 6.07) is 11.4. The van der Waals surface area contributed by atoms with Gasteiger partial charge in [-0.3, -0.25) is 4.79 Å². The van der Waals surface area contributed by atoms with Gasteiger partial charge in [0.25, 0.3) is 0 Å². The highest BCUT2D eigenvalue weighted by molar-refractivity contribution is 7.80. The molecule has 3 nitrogen and oxygen atoms in total. The average Bonchev–Trinajstić information content (AvgIpc) is 2.84. The lowest BCUT2D eigenvalue weighted by Crippen LogP contribution is -2.35. The smallest absolute Gasteiger partial charge is 0.224 e. The van der Waals surface area contributed by atoms with Crippen molar-refractivity contribution in [2.45, 2.75) is 30.7 Å². The highest BCUT2D eigenvalue weighted by atomic mass is 32.1. The van der Waals surface area contributed by atoms with Crippen molar-refractivity contribution >= 4 is 18.5 Å². The molecule has 100 valence electrons. The zero-order chi connectivity index (χ0) is 13.7. The van der Waals surface area contributed by atoms with Gasteiger partial charge in [-0.05, 0) is 36.8 Å². The van der Waals surface area contributed by atoms with Crippen LogP contribution in [-0.4, -0.2) is 11.9 Å². The molecule has 0 saturated carbocycles. The Hall–Kier alpha value is -1.68. The Kier molecular flexibility index (Phi) is 4.68. The molecule has 1 N–H and O–H groups in total. The van der Waals surface area contributed by atoms with Gasteiger partial charge in [0.05, 0.1) is 12.7 Å². The van der Waals surface area contributed by atoms with E-state index in [1.165, 1.54) is 0 Å². The summed E-state index contributed by atoms with van der Waals surface area (Å²) in [7, 11) is 0. The summed E-state index contributed by atoms with van der Waals surface area (Å²) in [4.78, 5) is 12.8. The van der Waals surface area contributed by atoms with Gasteiger partial charge in [0.1, 0.15) is 5.76 Å². The van der Waals surface area contributed by atoms with Crippen LogP contribution in [0.3, 0.4) is 0 Å². The summed E-state index contributed by atoms with van der Waals surface area (Å²) in [6.45, 7) is 1.97. The number of carbonyl (C=O) groups is 1. The first-order valence-electron chi connectivity index (χ1n) is 6.23. The van der Waals surface area contributed by atoms with Crippen LogP contribution in [0.2, 0.25) is 0 Å². The molecule has 0 aliphatic rings. The van der Waals surface area contributed by atoms with Gasteiger partial charge >= 0.3 is 0 Å². The fourth-order valence-corrected chi connectivity index (χ4v) is 2.06. The van der Waals surface area contributed by atoms with Crippen LogP contribution in [0.4, 0.5) is 0 Å². The van der Waals surface area contributed by atoms with Crippen molar-refractivity contribution < 1.29 is 9.21 Å². The van der Waals surface area contributed by atoms with Crippen LogP contribution in [0.25, 0.3) is 0 Å². The van der Waals surface area contributed by atoms with Gasteiger partial charge in [0.15, 0.2) is 0 Å². The maximum atomic E-state index is 11.9. The van der Waals surface area contributed by atoms with E-state index >= 15 is 0 Å². The Balaban J connectivity index is 1.82. The third-order valence-corrected chi connectivity index (χ3v) is 3.09. The number of hydrogen-bond donors (Lipinski definition) is 2. The zero-order valence-electron chi connectivity index (χ0n) is 10.8. The summed E-state index contributed by atoms with van der Waals surface area (Å²) in [6.07, 6.45) is 2.73. The molecule has 4 heteroatoms. The van der Waals surface area contributed by atoms with E-state index in [0.717, 1.165) is 16.2 Å².